The van der Waals surface area contributed by atoms with E-state index in [0.29, 0.717) is 32.3 Å². The van der Waals surface area contributed by atoms with Gasteiger partial charge in [0.2, 0.25) is 5.91 Å². The highest BCUT2D eigenvalue weighted by Gasteiger charge is 2.43. The summed E-state index contributed by atoms with van der Waals surface area (Å²) in [6.45, 7) is 3.47. The average Bonchev–Trinajstić information content (AvgIpc) is 3.50. The molecular formula is C26H30Cl4N4O2. The number of urea groups is 1. The fraction of sp³-hybridized carbons (Fsp3) is 0.462. The molecule has 1 aliphatic heterocycles. The Morgan fingerprint density at radius 1 is 0.944 bits per heavy atom. The second kappa shape index (κ2) is 12.7. The predicted octanol–water partition coefficient (Wildman–Crippen LogP) is 6.59. The van der Waals surface area contributed by atoms with Gasteiger partial charge in [-0.25, -0.2) is 4.79 Å². The van der Waals surface area contributed by atoms with Gasteiger partial charge in [0.15, 0.2) is 0 Å². The number of nitrogens with zero attached hydrogens (tertiary/aromatic N) is 1. The Bertz CT molecular complexity index is 1080. The van der Waals surface area contributed by atoms with Crippen molar-refractivity contribution in [2.45, 2.75) is 44.1 Å². The second-order valence-electron chi connectivity index (χ2n) is 9.52. The predicted molar refractivity (Wildman–Crippen MR) is 148 cm³/mol. The first kappa shape index (κ1) is 27.3. The fourth-order valence-electron chi connectivity index (χ4n) is 4.71. The minimum Gasteiger partial charge on any atom is -0.356 e. The van der Waals surface area contributed by atoms with Gasteiger partial charge in [0, 0.05) is 47.3 Å². The van der Waals surface area contributed by atoms with E-state index < -0.39 is 0 Å². The van der Waals surface area contributed by atoms with Crippen LogP contribution in [0.3, 0.4) is 0 Å². The van der Waals surface area contributed by atoms with Crippen molar-refractivity contribution in [1.82, 2.24) is 15.5 Å². The SMILES string of the molecule is O=C(Nc1cc(Cl)cc(Cl)c1)N[C@H]1CCN(CCCCCNC(=O)C2CC2c2ccc(Cl)c(Cl)c2)C1. The van der Waals surface area contributed by atoms with Crippen LogP contribution in [0.2, 0.25) is 20.1 Å². The lowest BCUT2D eigenvalue weighted by Gasteiger charge is -2.17. The lowest BCUT2D eigenvalue weighted by molar-refractivity contribution is -0.122. The number of unbranched alkanes of at least 4 members (excludes halogenated alkanes) is 2. The van der Waals surface area contributed by atoms with Crippen LogP contribution in [0.1, 0.15) is 43.6 Å². The maximum Gasteiger partial charge on any atom is 0.319 e. The first-order chi connectivity index (χ1) is 17.3. The minimum atomic E-state index is -0.256. The van der Waals surface area contributed by atoms with Crippen LogP contribution in [0.25, 0.3) is 0 Å². The Labute approximate surface area is 232 Å². The number of likely N-dealkylation sites (tertiary alicyclic amines) is 1. The topological polar surface area (TPSA) is 73.5 Å². The van der Waals surface area contributed by atoms with Crippen molar-refractivity contribution in [2.75, 3.05) is 31.5 Å². The summed E-state index contributed by atoms with van der Waals surface area (Å²) in [4.78, 5) is 27.1. The number of hydrogen-bond acceptors (Lipinski definition) is 3. The van der Waals surface area contributed by atoms with Gasteiger partial charge in [0.1, 0.15) is 0 Å². The van der Waals surface area contributed by atoms with Gasteiger partial charge in [0.25, 0.3) is 0 Å². The molecule has 1 saturated carbocycles. The maximum atomic E-state index is 12.4. The van der Waals surface area contributed by atoms with E-state index in [4.69, 9.17) is 46.4 Å². The molecule has 0 aromatic heterocycles. The molecule has 1 heterocycles. The van der Waals surface area contributed by atoms with Gasteiger partial charge in [-0.05, 0) is 74.0 Å². The summed E-state index contributed by atoms with van der Waals surface area (Å²) < 4.78 is 0. The van der Waals surface area contributed by atoms with Crippen LogP contribution in [0.15, 0.2) is 36.4 Å². The highest BCUT2D eigenvalue weighted by Crippen LogP contribution is 2.48. The van der Waals surface area contributed by atoms with Crippen molar-refractivity contribution >= 4 is 64.0 Å². The van der Waals surface area contributed by atoms with Crippen LogP contribution in [0.4, 0.5) is 10.5 Å². The van der Waals surface area contributed by atoms with Crippen LogP contribution in [-0.4, -0.2) is 49.1 Å². The molecule has 2 aromatic rings. The first-order valence-electron chi connectivity index (χ1n) is 12.3. The van der Waals surface area contributed by atoms with E-state index >= 15 is 0 Å². The molecule has 3 amide bonds. The number of halogens is 4. The number of nitrogens with one attached hydrogen (secondary N) is 3. The minimum absolute atomic E-state index is 0.0318. The molecular weight excluding hydrogens is 542 g/mol. The van der Waals surface area contributed by atoms with Crippen molar-refractivity contribution < 1.29 is 9.59 Å². The summed E-state index contributed by atoms with van der Waals surface area (Å²) in [5.41, 5.74) is 1.65. The van der Waals surface area contributed by atoms with E-state index in [-0.39, 0.29) is 29.8 Å². The number of anilines is 1. The van der Waals surface area contributed by atoms with E-state index in [1.165, 1.54) is 0 Å². The Morgan fingerprint density at radius 2 is 1.72 bits per heavy atom. The third kappa shape index (κ3) is 7.90. The molecule has 3 atom stereocenters. The second-order valence-corrected chi connectivity index (χ2v) is 11.2. The summed E-state index contributed by atoms with van der Waals surface area (Å²) >= 11 is 24.0. The normalized spacial score (nSPS) is 21.3. The largest absolute Gasteiger partial charge is 0.356 e. The summed E-state index contributed by atoms with van der Waals surface area (Å²) in [5.74, 6) is 0.393. The summed E-state index contributed by atoms with van der Waals surface area (Å²) in [6, 6.07) is 10.4. The third-order valence-electron chi connectivity index (χ3n) is 6.68. The van der Waals surface area contributed by atoms with E-state index in [0.717, 1.165) is 57.3 Å². The van der Waals surface area contributed by atoms with Crippen molar-refractivity contribution in [1.29, 1.82) is 0 Å². The van der Waals surface area contributed by atoms with E-state index in [9.17, 15) is 9.59 Å². The standard InChI is InChI=1S/C26H30Cl4N4O2/c27-17-11-18(28)13-20(12-17)33-26(36)32-19-6-9-34(15-19)8-3-1-2-7-31-25(35)22-14-21(22)16-4-5-23(29)24(30)10-16/h4-5,10-13,19,21-22H,1-3,6-9,14-15H2,(H,31,35)(H2,32,33,36)/t19-,21?,22?/m0/s1. The fourth-order valence-corrected chi connectivity index (χ4v) is 5.54. The lowest BCUT2D eigenvalue weighted by Crippen LogP contribution is -2.39. The molecule has 1 aliphatic carbocycles. The number of rotatable bonds is 10. The summed E-state index contributed by atoms with van der Waals surface area (Å²) in [6.07, 6.45) is 4.84. The average molecular weight is 572 g/mol. The zero-order valence-corrected chi connectivity index (χ0v) is 22.9. The molecule has 2 fully saturated rings. The number of carbonyl (C=O) groups excluding carboxylic acids is 2. The molecule has 36 heavy (non-hydrogen) atoms. The third-order valence-corrected chi connectivity index (χ3v) is 7.85. The Kier molecular flexibility index (Phi) is 9.65. The zero-order valence-electron chi connectivity index (χ0n) is 19.8. The molecule has 0 spiro atoms. The number of hydrogen-bond donors (Lipinski definition) is 3. The molecule has 2 aromatic carbocycles. The highest BCUT2D eigenvalue weighted by atomic mass is 35.5. The van der Waals surface area contributed by atoms with Crippen molar-refractivity contribution in [3.8, 4) is 0 Å². The van der Waals surface area contributed by atoms with Gasteiger partial charge in [0.05, 0.1) is 10.0 Å². The highest BCUT2D eigenvalue weighted by molar-refractivity contribution is 6.42. The monoisotopic (exact) mass is 570 g/mol. The van der Waals surface area contributed by atoms with Crippen LogP contribution in [0.5, 0.6) is 0 Å². The molecule has 10 heteroatoms. The lowest BCUT2D eigenvalue weighted by atomic mass is 10.1. The van der Waals surface area contributed by atoms with E-state index in [2.05, 4.69) is 20.9 Å². The molecule has 194 valence electrons. The van der Waals surface area contributed by atoms with Crippen molar-refractivity contribution in [3.63, 3.8) is 0 Å². The van der Waals surface area contributed by atoms with Crippen LogP contribution in [0, 0.1) is 5.92 Å². The van der Waals surface area contributed by atoms with Gasteiger partial charge in [-0.3, -0.25) is 4.79 Å². The number of carbonyl (C=O) groups is 2. The zero-order chi connectivity index (χ0) is 25.7. The molecule has 4 rings (SSSR count). The van der Waals surface area contributed by atoms with Crippen LogP contribution >= 0.6 is 46.4 Å². The number of amides is 3. The molecule has 1 saturated heterocycles. The maximum absolute atomic E-state index is 12.4. The van der Waals surface area contributed by atoms with Gasteiger partial charge in [-0.1, -0.05) is 58.9 Å². The quantitative estimate of drug-likeness (QED) is 0.282. The molecule has 3 N–H and O–H groups in total. The van der Waals surface area contributed by atoms with Gasteiger partial charge in [-0.2, -0.15) is 0 Å². The van der Waals surface area contributed by atoms with Gasteiger partial charge >= 0.3 is 6.03 Å². The van der Waals surface area contributed by atoms with Gasteiger partial charge in [-0.15, -0.1) is 0 Å². The smallest absolute Gasteiger partial charge is 0.319 e. The van der Waals surface area contributed by atoms with Crippen molar-refractivity contribution in [3.05, 3.63) is 62.1 Å². The summed E-state index contributed by atoms with van der Waals surface area (Å²) in [7, 11) is 0. The van der Waals surface area contributed by atoms with Crippen LogP contribution < -0.4 is 16.0 Å². The van der Waals surface area contributed by atoms with Gasteiger partial charge < -0.3 is 20.9 Å². The summed E-state index contributed by atoms with van der Waals surface area (Å²) in [5, 5.41) is 10.9. The molecule has 0 bridgehead atoms. The van der Waals surface area contributed by atoms with E-state index in [1.807, 2.05) is 12.1 Å². The Balaban J connectivity index is 1.05. The number of benzene rings is 2. The molecule has 2 unspecified atom stereocenters. The molecule has 0 radical (unpaired) electrons. The molecule has 6 nitrogen and oxygen atoms in total. The Morgan fingerprint density at radius 3 is 2.47 bits per heavy atom. The van der Waals surface area contributed by atoms with E-state index in [1.54, 1.807) is 24.3 Å². The molecule has 2 aliphatic rings. The first-order valence-corrected chi connectivity index (χ1v) is 13.8. The van der Waals surface area contributed by atoms with Crippen molar-refractivity contribution in [2.24, 2.45) is 5.92 Å². The van der Waals surface area contributed by atoms with Crippen LogP contribution in [-0.2, 0) is 4.79 Å². The Hall–Kier alpha value is -1.70.